The first-order chi connectivity index (χ1) is 8.40. The highest BCUT2D eigenvalue weighted by Crippen LogP contribution is 2.15. The number of nitrogens with two attached hydrogens (primary N) is 1. The third-order valence-corrected chi connectivity index (χ3v) is 3.58. The van der Waals surface area contributed by atoms with E-state index in [1.54, 1.807) is 0 Å². The number of H-pyrrole nitrogens is 1. The number of carbonyl (C=O) groups is 1. The molecule has 0 aliphatic carbocycles. The second-order valence-electron chi connectivity index (χ2n) is 3.58. The normalized spacial score (nSPS) is 11.4. The fourth-order valence-corrected chi connectivity index (χ4v) is 2.48. The molecular formula is C9H11N5O3S. The van der Waals surface area contributed by atoms with E-state index in [0.717, 1.165) is 0 Å². The van der Waals surface area contributed by atoms with Crippen molar-refractivity contribution in [3.63, 3.8) is 0 Å². The van der Waals surface area contributed by atoms with Gasteiger partial charge in [0.25, 0.3) is 15.9 Å². The zero-order valence-corrected chi connectivity index (χ0v) is 10.2. The van der Waals surface area contributed by atoms with Gasteiger partial charge in [0.1, 0.15) is 10.6 Å². The number of rotatable bonds is 4. The predicted molar refractivity (Wildman–Crippen MR) is 63.3 cm³/mol. The molecule has 0 unspecified atom stereocenters. The molecule has 0 radical (unpaired) electrons. The minimum atomic E-state index is -3.79. The lowest BCUT2D eigenvalue weighted by Gasteiger charge is -2.01. The van der Waals surface area contributed by atoms with Crippen molar-refractivity contribution in [2.75, 3.05) is 4.72 Å². The van der Waals surface area contributed by atoms with Crippen LogP contribution in [-0.4, -0.2) is 28.9 Å². The number of aromatic nitrogens is 3. The van der Waals surface area contributed by atoms with Crippen LogP contribution >= 0.6 is 0 Å². The number of nitrogens with one attached hydrogen (secondary N) is 2. The van der Waals surface area contributed by atoms with Crippen LogP contribution in [0.4, 0.5) is 5.95 Å². The Morgan fingerprint density at radius 1 is 1.56 bits per heavy atom. The van der Waals surface area contributed by atoms with E-state index in [9.17, 15) is 13.2 Å². The summed E-state index contributed by atoms with van der Waals surface area (Å²) in [6.07, 6.45) is 4.20. The molecule has 8 nitrogen and oxygen atoms in total. The summed E-state index contributed by atoms with van der Waals surface area (Å²) in [5, 5.41) is 0. The first kappa shape index (κ1) is 12.2. The number of imidazole rings is 1. The third kappa shape index (κ3) is 2.20. The molecular weight excluding hydrogens is 258 g/mol. The number of sulfonamides is 1. The fraction of sp³-hybridized carbons (Fsp3) is 0.111. The number of aryl methyl sites for hydroxylation is 1. The average molecular weight is 269 g/mol. The summed E-state index contributed by atoms with van der Waals surface area (Å²) in [7, 11) is -2.26. The number of amides is 1. The number of aromatic amines is 1. The van der Waals surface area contributed by atoms with Crippen LogP contribution < -0.4 is 10.5 Å². The molecule has 0 spiro atoms. The van der Waals surface area contributed by atoms with E-state index in [1.807, 2.05) is 0 Å². The molecule has 4 N–H and O–H groups in total. The second kappa shape index (κ2) is 4.18. The summed E-state index contributed by atoms with van der Waals surface area (Å²) in [6, 6.07) is 1.20. The molecule has 0 fully saturated rings. The Kier molecular flexibility index (Phi) is 2.83. The molecule has 0 aromatic carbocycles. The van der Waals surface area contributed by atoms with E-state index in [2.05, 4.69) is 14.7 Å². The first-order valence-electron chi connectivity index (χ1n) is 4.88. The van der Waals surface area contributed by atoms with Gasteiger partial charge in [0, 0.05) is 25.6 Å². The maximum Gasteiger partial charge on any atom is 0.265 e. The van der Waals surface area contributed by atoms with Crippen molar-refractivity contribution >= 4 is 21.9 Å². The molecule has 1 amide bonds. The standard InChI is InChI=1S/C9H11N5O3S/c1-14-5-6(4-7(14)8(10)15)18(16,17)13-9-11-2-3-12-9/h2-5H,1H3,(H2,10,15)(H2,11,12,13). The minimum Gasteiger partial charge on any atom is -0.364 e. The van der Waals surface area contributed by atoms with Gasteiger partial charge in [-0.05, 0) is 6.07 Å². The van der Waals surface area contributed by atoms with Gasteiger partial charge in [-0.1, -0.05) is 0 Å². The summed E-state index contributed by atoms with van der Waals surface area (Å²) in [5.74, 6) is -0.601. The highest BCUT2D eigenvalue weighted by Gasteiger charge is 2.20. The SMILES string of the molecule is Cn1cc(S(=O)(=O)Nc2ncc[nH]2)cc1C(N)=O. The molecule has 2 rings (SSSR count). The molecule has 0 atom stereocenters. The molecule has 2 aromatic rings. The van der Waals surface area contributed by atoms with E-state index in [-0.39, 0.29) is 16.5 Å². The van der Waals surface area contributed by atoms with Crippen LogP contribution in [0.3, 0.4) is 0 Å². The van der Waals surface area contributed by atoms with Gasteiger partial charge < -0.3 is 15.3 Å². The van der Waals surface area contributed by atoms with Crippen LogP contribution in [0.25, 0.3) is 0 Å². The Bertz CT molecular complexity index is 671. The fourth-order valence-electron chi connectivity index (χ4n) is 1.43. The van der Waals surface area contributed by atoms with Crippen molar-refractivity contribution < 1.29 is 13.2 Å². The van der Waals surface area contributed by atoms with E-state index >= 15 is 0 Å². The number of hydrogen-bond donors (Lipinski definition) is 3. The van der Waals surface area contributed by atoms with E-state index < -0.39 is 15.9 Å². The van der Waals surface area contributed by atoms with Crippen molar-refractivity contribution in [1.29, 1.82) is 0 Å². The lowest BCUT2D eigenvalue weighted by atomic mass is 10.4. The number of anilines is 1. The lowest BCUT2D eigenvalue weighted by Crippen LogP contribution is -2.14. The van der Waals surface area contributed by atoms with Crippen LogP contribution in [0.5, 0.6) is 0 Å². The summed E-state index contributed by atoms with van der Waals surface area (Å²) in [4.78, 5) is 17.3. The Balaban J connectivity index is 2.36. The van der Waals surface area contributed by atoms with Crippen LogP contribution in [0, 0.1) is 0 Å². The monoisotopic (exact) mass is 269 g/mol. The Morgan fingerprint density at radius 2 is 2.28 bits per heavy atom. The first-order valence-corrected chi connectivity index (χ1v) is 6.37. The summed E-state index contributed by atoms with van der Waals surface area (Å²) >= 11 is 0. The van der Waals surface area contributed by atoms with E-state index in [4.69, 9.17) is 5.73 Å². The predicted octanol–water partition coefficient (Wildman–Crippen LogP) is -0.352. The topological polar surface area (TPSA) is 123 Å². The van der Waals surface area contributed by atoms with Crippen molar-refractivity contribution in [1.82, 2.24) is 14.5 Å². The maximum absolute atomic E-state index is 12.0. The molecule has 9 heteroatoms. The zero-order valence-electron chi connectivity index (χ0n) is 9.41. The van der Waals surface area contributed by atoms with Crippen molar-refractivity contribution in [3.05, 3.63) is 30.4 Å². The molecule has 0 saturated heterocycles. The third-order valence-electron chi connectivity index (χ3n) is 2.27. The molecule has 96 valence electrons. The van der Waals surface area contributed by atoms with Gasteiger partial charge >= 0.3 is 0 Å². The van der Waals surface area contributed by atoms with Gasteiger partial charge in [0.05, 0.1) is 0 Å². The number of nitrogens with zero attached hydrogens (tertiary/aromatic N) is 2. The highest BCUT2D eigenvalue weighted by molar-refractivity contribution is 7.92. The number of primary amides is 1. The van der Waals surface area contributed by atoms with Crippen molar-refractivity contribution in [2.45, 2.75) is 4.90 Å². The largest absolute Gasteiger partial charge is 0.364 e. The maximum atomic E-state index is 12.0. The summed E-state index contributed by atoms with van der Waals surface area (Å²) in [5.41, 5.74) is 5.22. The molecule has 0 aliphatic heterocycles. The average Bonchev–Trinajstić information content (AvgIpc) is 2.86. The lowest BCUT2D eigenvalue weighted by molar-refractivity contribution is 0.0992. The molecule has 2 heterocycles. The molecule has 0 saturated carbocycles. The van der Waals surface area contributed by atoms with E-state index in [0.29, 0.717) is 0 Å². The van der Waals surface area contributed by atoms with Crippen molar-refractivity contribution in [3.8, 4) is 0 Å². The van der Waals surface area contributed by atoms with Crippen molar-refractivity contribution in [2.24, 2.45) is 12.8 Å². The summed E-state index contributed by atoms with van der Waals surface area (Å²) < 4.78 is 27.5. The molecule has 0 aliphatic rings. The zero-order chi connectivity index (χ0) is 13.3. The molecule has 2 aromatic heterocycles. The molecule has 18 heavy (non-hydrogen) atoms. The molecule has 0 bridgehead atoms. The minimum absolute atomic E-state index is 0.0600. The van der Waals surface area contributed by atoms with Crippen LogP contribution in [-0.2, 0) is 17.1 Å². The Hall–Kier alpha value is -2.29. The van der Waals surface area contributed by atoms with Gasteiger partial charge in [-0.15, -0.1) is 0 Å². The van der Waals surface area contributed by atoms with Crippen LogP contribution in [0.15, 0.2) is 29.6 Å². The van der Waals surface area contributed by atoms with Gasteiger partial charge in [0.15, 0.2) is 0 Å². The Labute approximate surface area is 103 Å². The smallest absolute Gasteiger partial charge is 0.265 e. The highest BCUT2D eigenvalue weighted by atomic mass is 32.2. The van der Waals surface area contributed by atoms with Gasteiger partial charge in [-0.3, -0.25) is 4.79 Å². The Morgan fingerprint density at radius 3 is 2.78 bits per heavy atom. The van der Waals surface area contributed by atoms with Gasteiger partial charge in [-0.25, -0.2) is 18.1 Å². The van der Waals surface area contributed by atoms with Crippen LogP contribution in [0.2, 0.25) is 0 Å². The van der Waals surface area contributed by atoms with E-state index in [1.165, 1.54) is 36.3 Å². The van der Waals surface area contributed by atoms with Gasteiger partial charge in [-0.2, -0.15) is 0 Å². The van der Waals surface area contributed by atoms with Gasteiger partial charge in [0.2, 0.25) is 5.95 Å². The number of hydrogen-bond acceptors (Lipinski definition) is 4. The quantitative estimate of drug-likeness (QED) is 0.701. The number of carbonyl (C=O) groups excluding carboxylic acids is 1. The second-order valence-corrected chi connectivity index (χ2v) is 5.26. The van der Waals surface area contributed by atoms with Crippen LogP contribution in [0.1, 0.15) is 10.5 Å². The summed E-state index contributed by atoms with van der Waals surface area (Å²) in [6.45, 7) is 0.